The van der Waals surface area contributed by atoms with Gasteiger partial charge in [-0.05, 0) is 36.5 Å². The molecule has 1 aromatic carbocycles. The SMILES string of the molecule is CCCNC(=O)C/C=C\c1ccc(C)c(CC)c1. The van der Waals surface area contributed by atoms with E-state index in [1.54, 1.807) is 0 Å². The quantitative estimate of drug-likeness (QED) is 0.816. The van der Waals surface area contributed by atoms with Crippen LogP contribution < -0.4 is 5.32 Å². The van der Waals surface area contributed by atoms with Gasteiger partial charge in [0.15, 0.2) is 0 Å². The van der Waals surface area contributed by atoms with Gasteiger partial charge >= 0.3 is 0 Å². The Kier molecular flexibility index (Phi) is 6.20. The summed E-state index contributed by atoms with van der Waals surface area (Å²) in [5.41, 5.74) is 3.86. The van der Waals surface area contributed by atoms with Crippen molar-refractivity contribution in [2.75, 3.05) is 6.54 Å². The summed E-state index contributed by atoms with van der Waals surface area (Å²) in [6, 6.07) is 6.42. The molecule has 0 aliphatic heterocycles. The molecule has 0 atom stereocenters. The van der Waals surface area contributed by atoms with Gasteiger partial charge in [0, 0.05) is 13.0 Å². The third kappa shape index (κ3) is 4.74. The molecule has 0 heterocycles. The van der Waals surface area contributed by atoms with Gasteiger partial charge in [-0.3, -0.25) is 4.79 Å². The molecule has 98 valence electrons. The van der Waals surface area contributed by atoms with E-state index in [9.17, 15) is 4.79 Å². The molecule has 0 unspecified atom stereocenters. The Morgan fingerprint density at radius 3 is 2.78 bits per heavy atom. The fourth-order valence-corrected chi connectivity index (χ4v) is 1.81. The fraction of sp³-hybridized carbons (Fsp3) is 0.438. The van der Waals surface area contributed by atoms with Gasteiger partial charge in [0.05, 0.1) is 0 Å². The highest BCUT2D eigenvalue weighted by Gasteiger charge is 1.97. The van der Waals surface area contributed by atoms with Gasteiger partial charge in [0.2, 0.25) is 5.91 Å². The molecule has 0 saturated heterocycles. The Morgan fingerprint density at radius 1 is 1.33 bits per heavy atom. The van der Waals surface area contributed by atoms with Gasteiger partial charge in [0.25, 0.3) is 0 Å². The number of carbonyl (C=O) groups is 1. The minimum absolute atomic E-state index is 0.0935. The number of hydrogen-bond acceptors (Lipinski definition) is 1. The standard InChI is InChI=1S/C16H23NO/c1-4-11-17-16(18)8-6-7-14-10-9-13(3)15(5-2)12-14/h6-7,9-10,12H,4-5,8,11H2,1-3H3,(H,17,18)/b7-6-. The zero-order valence-electron chi connectivity index (χ0n) is 11.6. The summed E-state index contributed by atoms with van der Waals surface area (Å²) in [7, 11) is 0. The molecule has 1 aromatic rings. The highest BCUT2D eigenvalue weighted by atomic mass is 16.1. The molecule has 0 aliphatic rings. The molecule has 0 saturated carbocycles. The second-order valence-electron chi connectivity index (χ2n) is 4.50. The highest BCUT2D eigenvalue weighted by Crippen LogP contribution is 2.13. The minimum Gasteiger partial charge on any atom is -0.356 e. The second-order valence-corrected chi connectivity index (χ2v) is 4.50. The Labute approximate surface area is 110 Å². The van der Waals surface area contributed by atoms with E-state index in [-0.39, 0.29) is 5.91 Å². The van der Waals surface area contributed by atoms with Crippen LogP contribution >= 0.6 is 0 Å². The molecular formula is C16H23NO. The van der Waals surface area contributed by atoms with E-state index in [4.69, 9.17) is 0 Å². The van der Waals surface area contributed by atoms with Crippen molar-refractivity contribution in [3.05, 3.63) is 41.0 Å². The number of hydrogen-bond donors (Lipinski definition) is 1. The topological polar surface area (TPSA) is 29.1 Å². The maximum atomic E-state index is 11.4. The number of benzene rings is 1. The predicted molar refractivity (Wildman–Crippen MR) is 77.5 cm³/mol. The first-order valence-electron chi connectivity index (χ1n) is 6.70. The maximum absolute atomic E-state index is 11.4. The van der Waals surface area contributed by atoms with E-state index in [0.29, 0.717) is 6.42 Å². The van der Waals surface area contributed by atoms with Crippen LogP contribution in [0.1, 0.15) is 43.4 Å². The lowest BCUT2D eigenvalue weighted by Crippen LogP contribution is -2.22. The molecule has 1 amide bonds. The molecule has 0 fully saturated rings. The smallest absolute Gasteiger partial charge is 0.223 e. The van der Waals surface area contributed by atoms with Gasteiger partial charge in [-0.1, -0.05) is 44.2 Å². The van der Waals surface area contributed by atoms with Crippen molar-refractivity contribution in [3.63, 3.8) is 0 Å². The molecule has 2 heteroatoms. The first kappa shape index (κ1) is 14.5. The lowest BCUT2D eigenvalue weighted by atomic mass is 10.0. The molecule has 1 N–H and O–H groups in total. The van der Waals surface area contributed by atoms with Crippen molar-refractivity contribution in [1.82, 2.24) is 5.32 Å². The average Bonchev–Trinajstić information content (AvgIpc) is 2.38. The van der Waals surface area contributed by atoms with Gasteiger partial charge < -0.3 is 5.32 Å². The van der Waals surface area contributed by atoms with Crippen LogP contribution in [0, 0.1) is 6.92 Å². The lowest BCUT2D eigenvalue weighted by Gasteiger charge is -2.04. The molecule has 0 aliphatic carbocycles. The summed E-state index contributed by atoms with van der Waals surface area (Å²) in [5, 5.41) is 2.86. The second kappa shape index (κ2) is 7.70. The van der Waals surface area contributed by atoms with Gasteiger partial charge in [0.1, 0.15) is 0 Å². The van der Waals surface area contributed by atoms with Crippen LogP contribution in [0.4, 0.5) is 0 Å². The average molecular weight is 245 g/mol. The van der Waals surface area contributed by atoms with Gasteiger partial charge in [-0.15, -0.1) is 0 Å². The van der Waals surface area contributed by atoms with Crippen molar-refractivity contribution in [2.24, 2.45) is 0 Å². The summed E-state index contributed by atoms with van der Waals surface area (Å²) in [6.07, 6.45) is 6.42. The van der Waals surface area contributed by atoms with Crippen LogP contribution in [-0.2, 0) is 11.2 Å². The Morgan fingerprint density at radius 2 is 2.11 bits per heavy atom. The van der Waals surface area contributed by atoms with Gasteiger partial charge in [-0.2, -0.15) is 0 Å². The van der Waals surface area contributed by atoms with Crippen LogP contribution in [0.5, 0.6) is 0 Å². The molecular weight excluding hydrogens is 222 g/mol. The maximum Gasteiger partial charge on any atom is 0.223 e. The summed E-state index contributed by atoms with van der Waals surface area (Å²) in [6.45, 7) is 7.10. The van der Waals surface area contributed by atoms with Gasteiger partial charge in [-0.25, -0.2) is 0 Å². The Hall–Kier alpha value is -1.57. The first-order chi connectivity index (χ1) is 8.67. The molecule has 0 aromatic heterocycles. The van der Waals surface area contributed by atoms with E-state index >= 15 is 0 Å². The number of carbonyl (C=O) groups excluding carboxylic acids is 1. The summed E-state index contributed by atoms with van der Waals surface area (Å²) >= 11 is 0. The van der Waals surface area contributed by atoms with Crippen LogP contribution in [0.15, 0.2) is 24.3 Å². The first-order valence-corrected chi connectivity index (χ1v) is 6.70. The van der Waals surface area contributed by atoms with Crippen molar-refractivity contribution in [3.8, 4) is 0 Å². The van der Waals surface area contributed by atoms with Crippen LogP contribution in [0.3, 0.4) is 0 Å². The third-order valence-electron chi connectivity index (χ3n) is 2.94. The summed E-state index contributed by atoms with van der Waals surface area (Å²) in [4.78, 5) is 11.4. The van der Waals surface area contributed by atoms with E-state index in [0.717, 1.165) is 19.4 Å². The van der Waals surface area contributed by atoms with E-state index < -0.39 is 0 Å². The fourth-order valence-electron chi connectivity index (χ4n) is 1.81. The monoisotopic (exact) mass is 245 g/mol. The number of amides is 1. The van der Waals surface area contributed by atoms with E-state index in [1.807, 2.05) is 12.2 Å². The van der Waals surface area contributed by atoms with E-state index in [2.05, 4.69) is 44.3 Å². The third-order valence-corrected chi connectivity index (χ3v) is 2.94. The van der Waals surface area contributed by atoms with Crippen molar-refractivity contribution < 1.29 is 4.79 Å². The lowest BCUT2D eigenvalue weighted by molar-refractivity contribution is -0.120. The molecule has 0 radical (unpaired) electrons. The van der Waals surface area contributed by atoms with Crippen molar-refractivity contribution in [1.29, 1.82) is 0 Å². The number of aryl methyl sites for hydroxylation is 2. The van der Waals surface area contributed by atoms with Crippen molar-refractivity contribution >= 4 is 12.0 Å². The normalized spacial score (nSPS) is 10.8. The molecule has 0 spiro atoms. The zero-order valence-corrected chi connectivity index (χ0v) is 11.6. The molecule has 1 rings (SSSR count). The highest BCUT2D eigenvalue weighted by molar-refractivity contribution is 5.78. The van der Waals surface area contributed by atoms with Crippen molar-refractivity contribution in [2.45, 2.75) is 40.0 Å². The minimum atomic E-state index is 0.0935. The molecule has 18 heavy (non-hydrogen) atoms. The molecule has 0 bridgehead atoms. The Bertz CT molecular complexity index is 421. The summed E-state index contributed by atoms with van der Waals surface area (Å²) < 4.78 is 0. The predicted octanol–water partition coefficient (Wildman–Crippen LogP) is 3.49. The number of rotatable bonds is 6. The Balaban J connectivity index is 2.54. The molecule has 2 nitrogen and oxygen atoms in total. The van der Waals surface area contributed by atoms with Crippen LogP contribution in [0.25, 0.3) is 6.08 Å². The van der Waals surface area contributed by atoms with E-state index in [1.165, 1.54) is 16.7 Å². The van der Waals surface area contributed by atoms with Crippen LogP contribution in [0.2, 0.25) is 0 Å². The number of nitrogens with one attached hydrogen (secondary N) is 1. The largest absolute Gasteiger partial charge is 0.356 e. The zero-order chi connectivity index (χ0) is 13.4. The van der Waals surface area contributed by atoms with Crippen LogP contribution in [-0.4, -0.2) is 12.5 Å². The summed E-state index contributed by atoms with van der Waals surface area (Å²) in [5.74, 6) is 0.0935.